The van der Waals surface area contributed by atoms with E-state index in [2.05, 4.69) is 66.1 Å². The van der Waals surface area contributed by atoms with Crippen LogP contribution in [0.2, 0.25) is 0 Å². The molecule has 0 amide bonds. The fourth-order valence-electron chi connectivity index (χ4n) is 2.33. The van der Waals surface area contributed by atoms with Gasteiger partial charge in [0.15, 0.2) is 7.85 Å². The quantitative estimate of drug-likeness (QED) is 0.381. The molecule has 2 N–H and O–H groups in total. The molecule has 0 fully saturated rings. The van der Waals surface area contributed by atoms with Crippen LogP contribution in [-0.4, -0.2) is 20.6 Å². The van der Waals surface area contributed by atoms with E-state index in [4.69, 9.17) is 0 Å². The molecule has 0 bridgehead atoms. The number of benzene rings is 2. The highest BCUT2D eigenvalue weighted by atomic mass is 15.3. The Labute approximate surface area is 115 Å². The minimum atomic E-state index is 0.519. The predicted molar refractivity (Wildman–Crippen MR) is 86.7 cm³/mol. The molecule has 2 rings (SSSR count). The van der Waals surface area contributed by atoms with E-state index in [1.165, 1.54) is 16.3 Å². The van der Waals surface area contributed by atoms with Crippen LogP contribution in [-0.2, 0) is 0 Å². The molecule has 0 aliphatic rings. The number of anilines is 1. The van der Waals surface area contributed by atoms with Gasteiger partial charge in [-0.15, -0.1) is 0 Å². The normalized spacial score (nSPS) is 11.9. The van der Waals surface area contributed by atoms with Gasteiger partial charge in [-0.3, -0.25) is 0 Å². The average Bonchev–Trinajstić information content (AvgIpc) is 2.39. The van der Waals surface area contributed by atoms with Crippen LogP contribution in [0.4, 0.5) is 5.69 Å². The molecule has 2 aromatic carbocycles. The molecule has 0 saturated carbocycles. The van der Waals surface area contributed by atoms with Crippen molar-refractivity contribution in [2.75, 3.05) is 12.4 Å². The molecule has 0 unspecified atom stereocenters. The highest BCUT2D eigenvalue weighted by molar-refractivity contribution is 6.62. The Balaban J connectivity index is 2.53. The van der Waals surface area contributed by atoms with Gasteiger partial charge in [-0.2, -0.15) is 5.10 Å². The highest BCUT2D eigenvalue weighted by Crippen LogP contribution is 2.30. The summed E-state index contributed by atoms with van der Waals surface area (Å²) in [7, 11) is 3.74. The van der Waals surface area contributed by atoms with Crippen molar-refractivity contribution in [1.29, 1.82) is 0 Å². The maximum atomic E-state index is 4.14. The Hall–Kier alpha value is -1.97. The lowest BCUT2D eigenvalue weighted by Gasteiger charge is -2.15. The second-order valence-electron chi connectivity index (χ2n) is 4.95. The van der Waals surface area contributed by atoms with Gasteiger partial charge in [-0.1, -0.05) is 44.2 Å². The fraction of sp³-hybridized carbons (Fsp3) is 0.267. The van der Waals surface area contributed by atoms with Gasteiger partial charge in [0.1, 0.15) is 0 Å². The fourth-order valence-corrected chi connectivity index (χ4v) is 2.33. The van der Waals surface area contributed by atoms with Gasteiger partial charge >= 0.3 is 0 Å². The van der Waals surface area contributed by atoms with Crippen LogP contribution in [0, 0.1) is 0 Å². The van der Waals surface area contributed by atoms with Crippen molar-refractivity contribution in [1.82, 2.24) is 5.43 Å². The van der Waals surface area contributed by atoms with E-state index in [9.17, 15) is 0 Å². The molecular weight excluding hydrogens is 233 g/mol. The molecular formula is C15H20BN3. The Morgan fingerprint density at radius 3 is 2.42 bits per heavy atom. The zero-order chi connectivity index (χ0) is 13.8. The zero-order valence-electron chi connectivity index (χ0n) is 12.0. The second-order valence-corrected chi connectivity index (χ2v) is 4.95. The SMILES string of the molecule is B/C(=N/NC)Nc1ccc(C(C)C)c2ccccc12. The minimum Gasteiger partial charge on any atom is -0.351 e. The van der Waals surface area contributed by atoms with Crippen molar-refractivity contribution in [2.24, 2.45) is 5.10 Å². The predicted octanol–water partition coefficient (Wildman–Crippen LogP) is 2.50. The van der Waals surface area contributed by atoms with Crippen LogP contribution < -0.4 is 10.7 Å². The molecule has 4 heteroatoms. The van der Waals surface area contributed by atoms with Crippen molar-refractivity contribution < 1.29 is 0 Å². The molecule has 0 heterocycles. The highest BCUT2D eigenvalue weighted by Gasteiger charge is 2.08. The minimum absolute atomic E-state index is 0.519. The summed E-state index contributed by atoms with van der Waals surface area (Å²) in [4.78, 5) is 0. The van der Waals surface area contributed by atoms with Crippen molar-refractivity contribution in [3.63, 3.8) is 0 Å². The molecule has 0 radical (unpaired) electrons. The lowest BCUT2D eigenvalue weighted by atomic mass is 9.95. The summed E-state index contributed by atoms with van der Waals surface area (Å²) in [5, 5.41) is 10.0. The third-order valence-corrected chi connectivity index (χ3v) is 3.17. The van der Waals surface area contributed by atoms with Crippen LogP contribution in [0.1, 0.15) is 25.3 Å². The summed E-state index contributed by atoms with van der Waals surface area (Å²) >= 11 is 0. The van der Waals surface area contributed by atoms with Crippen LogP contribution in [0.5, 0.6) is 0 Å². The number of nitrogens with one attached hydrogen (secondary N) is 2. The van der Waals surface area contributed by atoms with E-state index in [1.807, 2.05) is 7.85 Å². The maximum Gasteiger partial charge on any atom is 0.188 e. The maximum absolute atomic E-state index is 4.14. The molecule has 0 aliphatic heterocycles. The molecule has 0 saturated heterocycles. The first-order valence-corrected chi connectivity index (χ1v) is 6.63. The third-order valence-electron chi connectivity index (χ3n) is 3.17. The second kappa shape index (κ2) is 5.78. The Bertz CT molecular complexity index is 605. The number of fused-ring (bicyclic) bond motifs is 1. The third kappa shape index (κ3) is 2.89. The van der Waals surface area contributed by atoms with Gasteiger partial charge in [-0.25, -0.2) is 0 Å². The summed E-state index contributed by atoms with van der Waals surface area (Å²) in [5.41, 5.74) is 6.12. The summed E-state index contributed by atoms with van der Waals surface area (Å²) in [6, 6.07) is 12.8. The monoisotopic (exact) mass is 253 g/mol. The van der Waals surface area contributed by atoms with Crippen molar-refractivity contribution in [2.45, 2.75) is 19.8 Å². The number of nitrogens with zero attached hydrogens (tertiary/aromatic N) is 1. The van der Waals surface area contributed by atoms with Crippen molar-refractivity contribution in [3.05, 3.63) is 42.0 Å². The first kappa shape index (κ1) is 13.5. The summed E-state index contributed by atoms with van der Waals surface area (Å²) in [5.74, 6) is 0.519. The van der Waals surface area contributed by atoms with E-state index in [-0.39, 0.29) is 0 Å². The van der Waals surface area contributed by atoms with Crippen molar-refractivity contribution in [3.8, 4) is 0 Å². The van der Waals surface area contributed by atoms with Gasteiger partial charge in [0, 0.05) is 18.1 Å². The molecule has 3 nitrogen and oxygen atoms in total. The topological polar surface area (TPSA) is 36.4 Å². The van der Waals surface area contributed by atoms with Gasteiger partial charge in [-0.05, 0) is 22.9 Å². The average molecular weight is 253 g/mol. The number of rotatable bonds is 3. The van der Waals surface area contributed by atoms with Gasteiger partial charge < -0.3 is 10.7 Å². The van der Waals surface area contributed by atoms with Crippen LogP contribution in [0.3, 0.4) is 0 Å². The molecule has 0 atom stereocenters. The molecule has 0 spiro atoms. The Morgan fingerprint density at radius 1 is 1.11 bits per heavy atom. The molecule has 19 heavy (non-hydrogen) atoms. The van der Waals surface area contributed by atoms with Gasteiger partial charge in [0.2, 0.25) is 0 Å². The lowest BCUT2D eigenvalue weighted by Crippen LogP contribution is -2.15. The number of hydrogen-bond donors (Lipinski definition) is 2. The van der Waals surface area contributed by atoms with E-state index in [0.717, 1.165) is 11.4 Å². The van der Waals surface area contributed by atoms with Gasteiger partial charge in [0.05, 0.1) is 5.73 Å². The number of amidine groups is 1. The van der Waals surface area contributed by atoms with Crippen LogP contribution in [0.25, 0.3) is 10.8 Å². The van der Waals surface area contributed by atoms with E-state index >= 15 is 0 Å². The summed E-state index contributed by atoms with van der Waals surface area (Å²) < 4.78 is 0. The van der Waals surface area contributed by atoms with E-state index < -0.39 is 0 Å². The largest absolute Gasteiger partial charge is 0.351 e. The molecule has 2 aromatic rings. The summed E-state index contributed by atoms with van der Waals surface area (Å²) in [6.07, 6.45) is 0. The van der Waals surface area contributed by atoms with Crippen molar-refractivity contribution >= 4 is 30.0 Å². The Morgan fingerprint density at radius 2 is 1.79 bits per heavy atom. The standard InChI is InChI=1S/C15H20BN3/c1-10(2)11-8-9-14(18-15(16)19-17-3)13-7-5-4-6-12(11)13/h4-10,17H,16H2,1-3H3,(H,18,19). The molecule has 0 aromatic heterocycles. The van der Waals surface area contributed by atoms with Crippen LogP contribution in [0.15, 0.2) is 41.5 Å². The first-order valence-electron chi connectivity index (χ1n) is 6.63. The molecule has 0 aliphatic carbocycles. The summed E-state index contributed by atoms with van der Waals surface area (Å²) in [6.45, 7) is 4.45. The number of hydrogen-bond acceptors (Lipinski definition) is 2. The molecule has 98 valence electrons. The number of hydrazone groups is 1. The lowest BCUT2D eigenvalue weighted by molar-refractivity contribution is 0.876. The van der Waals surface area contributed by atoms with E-state index in [0.29, 0.717) is 5.92 Å². The zero-order valence-corrected chi connectivity index (χ0v) is 12.0. The van der Waals surface area contributed by atoms with Crippen LogP contribution >= 0.6 is 0 Å². The van der Waals surface area contributed by atoms with Gasteiger partial charge in [0.25, 0.3) is 0 Å². The van der Waals surface area contributed by atoms with E-state index in [1.54, 1.807) is 7.05 Å². The Kier molecular flexibility index (Phi) is 4.10. The smallest absolute Gasteiger partial charge is 0.188 e. The first-order chi connectivity index (χ1) is 9.13.